The highest BCUT2D eigenvalue weighted by atomic mass is 16.6. The molecule has 180 valence electrons. The summed E-state index contributed by atoms with van der Waals surface area (Å²) in [7, 11) is 1.67. The number of piperazine rings is 1. The Morgan fingerprint density at radius 2 is 1.59 bits per heavy atom. The van der Waals surface area contributed by atoms with E-state index in [0.717, 1.165) is 26.3 Å². The lowest BCUT2D eigenvalue weighted by Crippen LogP contribution is -2.59. The van der Waals surface area contributed by atoms with Gasteiger partial charge in [-0.25, -0.2) is 4.79 Å². The van der Waals surface area contributed by atoms with Crippen LogP contribution in [0.2, 0.25) is 0 Å². The van der Waals surface area contributed by atoms with E-state index >= 15 is 0 Å². The third-order valence-electron chi connectivity index (χ3n) is 7.53. The smallest absolute Gasteiger partial charge is 0.410 e. The molecule has 0 spiro atoms. The van der Waals surface area contributed by atoms with Crippen LogP contribution in [0.25, 0.3) is 11.1 Å². The van der Waals surface area contributed by atoms with Crippen LogP contribution in [0.15, 0.2) is 48.5 Å². The molecule has 5 rings (SSSR count). The molecule has 2 fully saturated rings. The highest BCUT2D eigenvalue weighted by Gasteiger charge is 2.35. The minimum atomic E-state index is -0.519. The second-order valence-electron chi connectivity index (χ2n) is 9.39. The predicted octanol–water partition coefficient (Wildman–Crippen LogP) is 3.19. The van der Waals surface area contributed by atoms with Gasteiger partial charge in [0.15, 0.2) is 0 Å². The van der Waals surface area contributed by atoms with Gasteiger partial charge in [-0.2, -0.15) is 0 Å². The molecule has 1 aliphatic carbocycles. The summed E-state index contributed by atoms with van der Waals surface area (Å²) < 4.78 is 11.1. The first kappa shape index (κ1) is 22.9. The van der Waals surface area contributed by atoms with Crippen LogP contribution in [0.4, 0.5) is 4.79 Å². The van der Waals surface area contributed by atoms with E-state index in [-0.39, 0.29) is 18.4 Å². The summed E-state index contributed by atoms with van der Waals surface area (Å²) in [5.74, 6) is 0.00658. The Hall–Kier alpha value is -2.90. The molecule has 2 aliphatic heterocycles. The highest BCUT2D eigenvalue weighted by Crippen LogP contribution is 2.44. The van der Waals surface area contributed by atoms with Crippen molar-refractivity contribution >= 4 is 12.0 Å². The average molecular weight is 464 g/mol. The van der Waals surface area contributed by atoms with Gasteiger partial charge in [0.1, 0.15) is 12.6 Å². The molecule has 0 N–H and O–H groups in total. The number of likely N-dealkylation sites (N-methyl/N-ethyl adjacent to an activating group) is 1. The van der Waals surface area contributed by atoms with Crippen molar-refractivity contribution < 1.29 is 19.1 Å². The van der Waals surface area contributed by atoms with Crippen LogP contribution in [0.3, 0.4) is 0 Å². The zero-order valence-electron chi connectivity index (χ0n) is 20.0. The summed E-state index contributed by atoms with van der Waals surface area (Å²) in [6.07, 6.45) is 0.100. The van der Waals surface area contributed by atoms with Gasteiger partial charge in [0.2, 0.25) is 5.91 Å². The van der Waals surface area contributed by atoms with Crippen molar-refractivity contribution in [2.24, 2.45) is 0 Å². The first-order chi connectivity index (χ1) is 16.6. The Kier molecular flexibility index (Phi) is 6.57. The quantitative estimate of drug-likeness (QED) is 0.659. The van der Waals surface area contributed by atoms with E-state index in [4.69, 9.17) is 9.47 Å². The Labute approximate surface area is 201 Å². The molecule has 3 aliphatic rings. The van der Waals surface area contributed by atoms with Crippen LogP contribution in [0.5, 0.6) is 0 Å². The summed E-state index contributed by atoms with van der Waals surface area (Å²) in [6.45, 7) is 6.85. The van der Waals surface area contributed by atoms with Gasteiger partial charge >= 0.3 is 6.09 Å². The zero-order chi connectivity index (χ0) is 23.7. The van der Waals surface area contributed by atoms with Crippen LogP contribution in [-0.4, -0.2) is 91.8 Å². The molecule has 0 aromatic heterocycles. The van der Waals surface area contributed by atoms with E-state index in [1.165, 1.54) is 27.2 Å². The lowest BCUT2D eigenvalue weighted by molar-refractivity contribution is -0.140. The van der Waals surface area contributed by atoms with E-state index < -0.39 is 12.1 Å². The molecule has 0 bridgehead atoms. The number of fused-ring (bicyclic) bond motifs is 3. The van der Waals surface area contributed by atoms with Gasteiger partial charge in [-0.15, -0.1) is 0 Å². The maximum Gasteiger partial charge on any atom is 0.410 e. The van der Waals surface area contributed by atoms with E-state index in [2.05, 4.69) is 29.2 Å². The summed E-state index contributed by atoms with van der Waals surface area (Å²) in [4.78, 5) is 32.0. The van der Waals surface area contributed by atoms with Crippen LogP contribution in [0, 0.1) is 0 Å². The molecule has 1 atom stereocenters. The van der Waals surface area contributed by atoms with E-state index in [9.17, 15) is 9.59 Å². The van der Waals surface area contributed by atoms with Crippen LogP contribution < -0.4 is 0 Å². The fourth-order valence-electron chi connectivity index (χ4n) is 5.39. The fraction of sp³-hybridized carbons (Fsp3) is 0.481. The largest absolute Gasteiger partial charge is 0.448 e. The molecule has 2 saturated heterocycles. The third-order valence-corrected chi connectivity index (χ3v) is 7.53. The molecule has 7 heteroatoms. The van der Waals surface area contributed by atoms with E-state index in [0.29, 0.717) is 25.6 Å². The molecule has 7 nitrogen and oxygen atoms in total. The maximum absolute atomic E-state index is 13.3. The monoisotopic (exact) mass is 463 g/mol. The standard InChI is InChI=1S/C27H33N3O4/c1-3-25(26(31)30-14-12-29(13-15-30)19-16-33-17-19)28(2)27(32)34-18-24-22-10-6-4-8-20(22)21-9-5-7-11-23(21)24/h4-11,19,24-25H,3,12-18H2,1-2H3/t25-/m0/s1. The Morgan fingerprint density at radius 3 is 2.12 bits per heavy atom. The van der Waals surface area contributed by atoms with E-state index in [1.807, 2.05) is 36.1 Å². The molecule has 0 saturated carbocycles. The topological polar surface area (TPSA) is 62.3 Å². The number of carbonyl (C=O) groups excluding carboxylic acids is 2. The summed E-state index contributed by atoms with van der Waals surface area (Å²) in [5, 5.41) is 0. The van der Waals surface area contributed by atoms with Crippen LogP contribution in [0.1, 0.15) is 30.4 Å². The number of hydrogen-bond acceptors (Lipinski definition) is 5. The van der Waals surface area contributed by atoms with Gasteiger partial charge in [0.05, 0.1) is 19.3 Å². The molecular formula is C27H33N3O4. The minimum absolute atomic E-state index is 0.00279. The number of rotatable bonds is 6. The van der Waals surface area contributed by atoms with Crippen molar-refractivity contribution in [3.05, 3.63) is 59.7 Å². The molecular weight excluding hydrogens is 430 g/mol. The highest BCUT2D eigenvalue weighted by molar-refractivity contribution is 5.86. The van der Waals surface area contributed by atoms with Crippen LogP contribution in [-0.2, 0) is 14.3 Å². The van der Waals surface area contributed by atoms with Gasteiger partial charge < -0.3 is 14.4 Å². The predicted molar refractivity (Wildman–Crippen MR) is 130 cm³/mol. The molecule has 0 radical (unpaired) electrons. The number of benzene rings is 2. The molecule has 2 heterocycles. The van der Waals surface area contributed by atoms with Crippen molar-refractivity contribution in [3.63, 3.8) is 0 Å². The third kappa shape index (κ3) is 4.18. The van der Waals surface area contributed by atoms with Gasteiger partial charge in [-0.3, -0.25) is 14.6 Å². The molecule has 2 amide bonds. The number of hydrogen-bond donors (Lipinski definition) is 0. The first-order valence-corrected chi connectivity index (χ1v) is 12.3. The van der Waals surface area contributed by atoms with Gasteiger partial charge in [-0.05, 0) is 28.7 Å². The summed E-state index contributed by atoms with van der Waals surface area (Å²) in [5.41, 5.74) is 4.75. The normalized spacial score (nSPS) is 19.2. The molecule has 0 unspecified atom stereocenters. The van der Waals surface area contributed by atoms with Crippen molar-refractivity contribution in [2.45, 2.75) is 31.3 Å². The van der Waals surface area contributed by atoms with Gasteiger partial charge in [-0.1, -0.05) is 55.5 Å². The Bertz CT molecular complexity index is 1000. The SMILES string of the molecule is CC[C@@H](C(=O)N1CCN(C2COC2)CC1)N(C)C(=O)OCC1c2ccccc2-c2ccccc21. The molecule has 34 heavy (non-hydrogen) atoms. The second kappa shape index (κ2) is 9.76. The maximum atomic E-state index is 13.3. The number of amides is 2. The molecule has 2 aromatic rings. The minimum Gasteiger partial charge on any atom is -0.448 e. The van der Waals surface area contributed by atoms with Gasteiger partial charge in [0, 0.05) is 39.1 Å². The van der Waals surface area contributed by atoms with Crippen molar-refractivity contribution in [1.82, 2.24) is 14.7 Å². The summed E-state index contributed by atoms with van der Waals surface area (Å²) >= 11 is 0. The zero-order valence-corrected chi connectivity index (χ0v) is 20.0. The molecule has 2 aromatic carbocycles. The lowest BCUT2D eigenvalue weighted by Gasteiger charge is -2.43. The number of nitrogens with zero attached hydrogens (tertiary/aromatic N) is 3. The van der Waals surface area contributed by atoms with Crippen molar-refractivity contribution in [1.29, 1.82) is 0 Å². The number of ether oxygens (including phenoxy) is 2. The van der Waals surface area contributed by atoms with Crippen molar-refractivity contribution in [2.75, 3.05) is 53.0 Å². The second-order valence-corrected chi connectivity index (χ2v) is 9.39. The Balaban J connectivity index is 1.20. The Morgan fingerprint density at radius 1 is 1.00 bits per heavy atom. The first-order valence-electron chi connectivity index (χ1n) is 12.3. The fourth-order valence-corrected chi connectivity index (χ4v) is 5.39. The van der Waals surface area contributed by atoms with Crippen molar-refractivity contribution in [3.8, 4) is 11.1 Å². The summed E-state index contributed by atoms with van der Waals surface area (Å²) in [6, 6.07) is 16.5. The lowest BCUT2D eigenvalue weighted by atomic mass is 9.98. The van der Waals surface area contributed by atoms with Gasteiger partial charge in [0.25, 0.3) is 0 Å². The van der Waals surface area contributed by atoms with E-state index in [1.54, 1.807) is 7.05 Å². The van der Waals surface area contributed by atoms with Crippen LogP contribution >= 0.6 is 0 Å². The number of carbonyl (C=O) groups is 2. The average Bonchev–Trinajstić information content (AvgIpc) is 3.16.